The summed E-state index contributed by atoms with van der Waals surface area (Å²) >= 11 is 6.14. The van der Waals surface area contributed by atoms with Crippen LogP contribution in [-0.2, 0) is 4.79 Å². The number of carbonyl (C=O) groups is 2. The Hall–Kier alpha value is -3.84. The van der Waals surface area contributed by atoms with Gasteiger partial charge in [0.2, 0.25) is 5.91 Å². The molecule has 35 heavy (non-hydrogen) atoms. The van der Waals surface area contributed by atoms with Crippen LogP contribution in [0.25, 0.3) is 0 Å². The number of pyridine rings is 1. The largest absolute Gasteiger partial charge is 0.340 e. The minimum absolute atomic E-state index is 0.0362. The molecule has 1 N–H and O–H groups in total. The van der Waals surface area contributed by atoms with E-state index in [1.54, 1.807) is 0 Å². The first-order chi connectivity index (χ1) is 16.7. The number of anilines is 1. The third-order valence-corrected chi connectivity index (χ3v) is 5.78. The molecule has 180 valence electrons. The average Bonchev–Trinajstić information content (AvgIpc) is 3.21. The Balaban J connectivity index is 1.50. The Morgan fingerprint density at radius 2 is 1.86 bits per heavy atom. The van der Waals surface area contributed by atoms with Crippen LogP contribution in [0.2, 0.25) is 5.02 Å². The molecule has 4 rings (SSSR count). The molecule has 0 unspecified atom stereocenters. The summed E-state index contributed by atoms with van der Waals surface area (Å²) in [5.74, 6) is 2.82. The lowest BCUT2D eigenvalue weighted by molar-refractivity contribution is -0.131. The van der Waals surface area contributed by atoms with Gasteiger partial charge < -0.3 is 10.2 Å². The molecule has 7 nitrogen and oxygen atoms in total. The summed E-state index contributed by atoms with van der Waals surface area (Å²) in [4.78, 5) is 29.7. The maximum absolute atomic E-state index is 14.8. The van der Waals surface area contributed by atoms with Crippen LogP contribution in [0.15, 0.2) is 42.7 Å². The zero-order valence-electron chi connectivity index (χ0n) is 18.4. The topological polar surface area (TPSA) is 80.1 Å². The molecule has 0 saturated carbocycles. The summed E-state index contributed by atoms with van der Waals surface area (Å²) in [7, 11) is 0. The number of nitrogens with one attached hydrogen (secondary N) is 1. The summed E-state index contributed by atoms with van der Waals surface area (Å²) in [5, 5.41) is 6.34. The highest BCUT2D eigenvalue weighted by atomic mass is 35.5. The first-order valence-corrected chi connectivity index (χ1v) is 11.0. The van der Waals surface area contributed by atoms with Crippen molar-refractivity contribution in [3.63, 3.8) is 0 Å². The van der Waals surface area contributed by atoms with Gasteiger partial charge >= 0.3 is 0 Å². The number of aromatic nitrogens is 3. The summed E-state index contributed by atoms with van der Waals surface area (Å²) in [6.07, 6.45) is 1.23. The number of hydrogen-bond donors (Lipinski definition) is 1. The van der Waals surface area contributed by atoms with E-state index in [1.807, 2.05) is 0 Å². The highest BCUT2D eigenvalue weighted by Gasteiger charge is 2.35. The van der Waals surface area contributed by atoms with Crippen LogP contribution < -0.4 is 5.32 Å². The number of piperidine rings is 1. The summed E-state index contributed by atoms with van der Waals surface area (Å²) in [6, 6.07) is 5.76. The maximum atomic E-state index is 14.8. The standard InChI is InChI=1S/C24H19ClF3N5O2/c1-14(34)32-9-8-21(20(28)13-32)33-22(18(25)12-30-33)24(35)31-23-19(27)10-16(11-29-23)3-2-15-4-6-17(26)7-5-15/h4-7,10-12,20-21H,8-9,13H2,1H3,(H,29,31,35)/t20-,21-/m1/s1. The molecule has 2 aromatic heterocycles. The highest BCUT2D eigenvalue weighted by Crippen LogP contribution is 2.29. The Morgan fingerprint density at radius 3 is 2.51 bits per heavy atom. The van der Waals surface area contributed by atoms with Gasteiger partial charge in [0, 0.05) is 30.8 Å². The summed E-state index contributed by atoms with van der Waals surface area (Å²) in [5.41, 5.74) is 0.634. The number of halogens is 4. The number of nitrogens with zero attached hydrogens (tertiary/aromatic N) is 4. The van der Waals surface area contributed by atoms with Crippen molar-refractivity contribution >= 4 is 29.2 Å². The van der Waals surface area contributed by atoms with Crippen LogP contribution >= 0.6 is 11.6 Å². The van der Waals surface area contributed by atoms with E-state index < -0.39 is 29.8 Å². The molecule has 0 aliphatic carbocycles. The number of hydrogen-bond acceptors (Lipinski definition) is 4. The quantitative estimate of drug-likeness (QED) is 0.550. The van der Waals surface area contributed by atoms with E-state index in [-0.39, 0.29) is 41.0 Å². The lowest BCUT2D eigenvalue weighted by Crippen LogP contribution is -2.45. The van der Waals surface area contributed by atoms with Gasteiger partial charge in [0.05, 0.1) is 23.8 Å². The Kier molecular flexibility index (Phi) is 7.07. The third kappa shape index (κ3) is 5.46. The van der Waals surface area contributed by atoms with Gasteiger partial charge in [-0.3, -0.25) is 14.3 Å². The van der Waals surface area contributed by atoms with Crippen molar-refractivity contribution in [2.45, 2.75) is 25.6 Å². The monoisotopic (exact) mass is 501 g/mol. The molecule has 3 aromatic rings. The molecule has 1 fully saturated rings. The van der Waals surface area contributed by atoms with E-state index in [0.717, 1.165) is 6.07 Å². The van der Waals surface area contributed by atoms with Crippen molar-refractivity contribution in [1.29, 1.82) is 0 Å². The number of likely N-dealkylation sites (tertiary alicyclic amines) is 1. The van der Waals surface area contributed by atoms with Crippen molar-refractivity contribution in [2.24, 2.45) is 0 Å². The molecular formula is C24H19ClF3N5O2. The zero-order chi connectivity index (χ0) is 25.1. The van der Waals surface area contributed by atoms with Crippen molar-refractivity contribution in [3.8, 4) is 11.8 Å². The fraction of sp³-hybridized carbons (Fsp3) is 0.250. The van der Waals surface area contributed by atoms with E-state index >= 15 is 0 Å². The summed E-state index contributed by atoms with van der Waals surface area (Å²) < 4.78 is 43.6. The van der Waals surface area contributed by atoms with Crippen molar-refractivity contribution < 1.29 is 22.8 Å². The van der Waals surface area contributed by atoms with Gasteiger partial charge in [-0.1, -0.05) is 23.4 Å². The minimum atomic E-state index is -1.47. The van der Waals surface area contributed by atoms with Gasteiger partial charge in [-0.15, -0.1) is 0 Å². The van der Waals surface area contributed by atoms with E-state index in [2.05, 4.69) is 27.2 Å². The molecule has 1 saturated heterocycles. The maximum Gasteiger partial charge on any atom is 0.276 e. The molecule has 2 atom stereocenters. The first kappa shape index (κ1) is 24.3. The molecule has 1 aliphatic heterocycles. The van der Waals surface area contributed by atoms with Crippen LogP contribution in [-0.4, -0.2) is 50.7 Å². The van der Waals surface area contributed by atoms with Crippen LogP contribution in [0, 0.1) is 23.5 Å². The molecule has 1 aromatic carbocycles. The second kappa shape index (κ2) is 10.2. The van der Waals surface area contributed by atoms with Crippen molar-refractivity contribution in [1.82, 2.24) is 19.7 Å². The van der Waals surface area contributed by atoms with Crippen LogP contribution in [0.5, 0.6) is 0 Å². The molecule has 11 heteroatoms. The smallest absolute Gasteiger partial charge is 0.276 e. The molecule has 3 heterocycles. The number of amides is 2. The van der Waals surface area contributed by atoms with Gasteiger partial charge in [-0.2, -0.15) is 5.10 Å². The number of rotatable bonds is 3. The van der Waals surface area contributed by atoms with E-state index in [4.69, 9.17) is 11.6 Å². The lowest BCUT2D eigenvalue weighted by atomic mass is 10.0. The van der Waals surface area contributed by atoms with Gasteiger partial charge in [0.15, 0.2) is 11.6 Å². The second-order valence-electron chi connectivity index (χ2n) is 7.89. The van der Waals surface area contributed by atoms with Crippen LogP contribution in [0.4, 0.5) is 19.0 Å². The van der Waals surface area contributed by atoms with E-state index in [9.17, 15) is 22.8 Å². The van der Waals surface area contributed by atoms with E-state index in [0.29, 0.717) is 12.1 Å². The fourth-order valence-electron chi connectivity index (χ4n) is 3.70. The average molecular weight is 502 g/mol. The molecule has 1 aliphatic rings. The number of carbonyl (C=O) groups excluding carboxylic acids is 2. The number of benzene rings is 1. The van der Waals surface area contributed by atoms with Gasteiger partial charge in [-0.25, -0.2) is 18.2 Å². The summed E-state index contributed by atoms with van der Waals surface area (Å²) in [6.45, 7) is 1.53. The molecule has 0 spiro atoms. The Labute approximate surface area is 203 Å². The predicted octanol–water partition coefficient (Wildman–Crippen LogP) is 3.99. The second-order valence-corrected chi connectivity index (χ2v) is 8.30. The molecule has 2 amide bonds. The van der Waals surface area contributed by atoms with Crippen LogP contribution in [0.3, 0.4) is 0 Å². The van der Waals surface area contributed by atoms with Gasteiger partial charge in [0.25, 0.3) is 5.91 Å². The highest BCUT2D eigenvalue weighted by molar-refractivity contribution is 6.34. The molecular weight excluding hydrogens is 483 g/mol. The van der Waals surface area contributed by atoms with E-state index in [1.165, 1.54) is 53.2 Å². The normalized spacial score (nSPS) is 17.5. The lowest BCUT2D eigenvalue weighted by Gasteiger charge is -2.34. The molecule has 0 radical (unpaired) electrons. The fourth-order valence-corrected chi connectivity index (χ4v) is 3.92. The van der Waals surface area contributed by atoms with Crippen molar-refractivity contribution in [2.75, 3.05) is 18.4 Å². The Morgan fingerprint density at radius 1 is 1.14 bits per heavy atom. The van der Waals surface area contributed by atoms with Crippen LogP contribution in [0.1, 0.15) is 41.0 Å². The minimum Gasteiger partial charge on any atom is -0.340 e. The molecule has 0 bridgehead atoms. The van der Waals surface area contributed by atoms with Crippen molar-refractivity contribution in [3.05, 3.63) is 76.2 Å². The zero-order valence-corrected chi connectivity index (χ0v) is 19.2. The Bertz CT molecular complexity index is 1330. The predicted molar refractivity (Wildman–Crippen MR) is 123 cm³/mol. The third-order valence-electron chi connectivity index (χ3n) is 5.50. The van der Waals surface area contributed by atoms with Gasteiger partial charge in [-0.05, 0) is 36.8 Å². The SMILES string of the molecule is CC(=O)N1CC[C@@H](n2ncc(Cl)c2C(=O)Nc2ncc(C#Cc3ccc(F)cc3)cc2F)[C@H](F)C1. The van der Waals surface area contributed by atoms with Gasteiger partial charge in [0.1, 0.15) is 17.7 Å². The first-order valence-electron chi connectivity index (χ1n) is 10.6. The number of alkyl halides is 1.